The SMILES string of the molecule is O=C(CCn1c(-c2cccs2)n[nH]c1=S)NNC(=O)c1cc2c(s1)CCCCC2. The smallest absolute Gasteiger partial charge is 0.279 e. The Labute approximate surface area is 181 Å². The molecule has 3 N–H and O–H groups in total. The molecule has 3 aromatic heterocycles. The van der Waals surface area contributed by atoms with Crippen molar-refractivity contribution in [2.75, 3.05) is 0 Å². The summed E-state index contributed by atoms with van der Waals surface area (Å²) < 4.78 is 2.25. The van der Waals surface area contributed by atoms with Crippen LogP contribution in [0.4, 0.5) is 0 Å². The standard InChI is InChI=1S/C19H21N5O2S3/c25-16(8-9-24-17(21-23-19(24)27)14-7-4-10-28-14)20-22-18(26)15-11-12-5-2-1-3-6-13(12)29-15/h4,7,10-11H,1-3,5-6,8-9H2,(H,20,25)(H,22,26)(H,23,27). The number of nitrogens with zero attached hydrogens (tertiary/aromatic N) is 2. The van der Waals surface area contributed by atoms with E-state index in [1.54, 1.807) is 15.9 Å². The van der Waals surface area contributed by atoms with Crippen molar-refractivity contribution in [3.8, 4) is 10.7 Å². The quantitative estimate of drug-likeness (QED) is 0.315. The summed E-state index contributed by atoms with van der Waals surface area (Å²) in [6.07, 6.45) is 5.84. The number of amides is 2. The van der Waals surface area contributed by atoms with Gasteiger partial charge in [0.2, 0.25) is 5.91 Å². The molecule has 1 aliphatic rings. The van der Waals surface area contributed by atoms with Crippen molar-refractivity contribution in [2.45, 2.75) is 45.1 Å². The van der Waals surface area contributed by atoms with Crippen molar-refractivity contribution in [3.05, 3.63) is 43.7 Å². The van der Waals surface area contributed by atoms with E-state index >= 15 is 0 Å². The number of aromatic nitrogens is 3. The maximum atomic E-state index is 12.4. The van der Waals surface area contributed by atoms with Gasteiger partial charge in [-0.3, -0.25) is 30.1 Å². The number of H-pyrrole nitrogens is 1. The fourth-order valence-electron chi connectivity index (χ4n) is 3.36. The monoisotopic (exact) mass is 447 g/mol. The molecule has 0 radical (unpaired) electrons. The average Bonchev–Trinajstić information content (AvgIpc) is 3.42. The van der Waals surface area contributed by atoms with E-state index in [0.717, 1.165) is 17.7 Å². The Kier molecular flexibility index (Phi) is 6.22. The topological polar surface area (TPSA) is 91.8 Å². The lowest BCUT2D eigenvalue weighted by atomic mass is 10.1. The number of thiophene rings is 2. The van der Waals surface area contributed by atoms with E-state index in [1.165, 1.54) is 41.0 Å². The van der Waals surface area contributed by atoms with Gasteiger partial charge in [-0.05, 0) is 61.0 Å². The molecular formula is C19H21N5O2S3. The number of hydrogen-bond acceptors (Lipinski definition) is 6. The molecule has 10 heteroatoms. The normalized spacial score (nSPS) is 13.5. The third kappa shape index (κ3) is 4.65. The second kappa shape index (κ2) is 9.02. The van der Waals surface area contributed by atoms with Gasteiger partial charge < -0.3 is 0 Å². The van der Waals surface area contributed by atoms with Crippen LogP contribution in [-0.4, -0.2) is 26.6 Å². The summed E-state index contributed by atoms with van der Waals surface area (Å²) in [5.41, 5.74) is 6.31. The van der Waals surface area contributed by atoms with Crippen molar-refractivity contribution in [1.29, 1.82) is 0 Å². The van der Waals surface area contributed by atoms with Crippen LogP contribution in [0.25, 0.3) is 10.7 Å². The predicted molar refractivity (Wildman–Crippen MR) is 117 cm³/mol. The summed E-state index contributed by atoms with van der Waals surface area (Å²) >= 11 is 8.36. The lowest BCUT2D eigenvalue weighted by Gasteiger charge is -2.08. The number of carbonyl (C=O) groups is 2. The molecule has 0 spiro atoms. The minimum Gasteiger partial charge on any atom is -0.299 e. The van der Waals surface area contributed by atoms with E-state index in [9.17, 15) is 9.59 Å². The fourth-order valence-corrected chi connectivity index (χ4v) is 5.46. The first-order chi connectivity index (χ1) is 14.1. The second-order valence-corrected chi connectivity index (χ2v) is 9.32. The first kappa shape index (κ1) is 20.0. The summed E-state index contributed by atoms with van der Waals surface area (Å²) in [5, 5.41) is 8.98. The van der Waals surface area contributed by atoms with E-state index in [1.807, 2.05) is 23.6 Å². The van der Waals surface area contributed by atoms with Crippen LogP contribution in [-0.2, 0) is 24.2 Å². The molecule has 0 unspecified atom stereocenters. The van der Waals surface area contributed by atoms with Gasteiger partial charge in [0, 0.05) is 17.8 Å². The summed E-state index contributed by atoms with van der Waals surface area (Å²) in [6, 6.07) is 5.86. The molecule has 3 heterocycles. The molecule has 152 valence electrons. The highest BCUT2D eigenvalue weighted by Gasteiger charge is 2.17. The summed E-state index contributed by atoms with van der Waals surface area (Å²) in [7, 11) is 0. The van der Waals surface area contributed by atoms with Gasteiger partial charge in [-0.1, -0.05) is 12.5 Å². The molecule has 0 fully saturated rings. The zero-order valence-electron chi connectivity index (χ0n) is 15.7. The average molecular weight is 448 g/mol. The molecule has 0 aliphatic heterocycles. The van der Waals surface area contributed by atoms with Crippen molar-refractivity contribution in [2.24, 2.45) is 0 Å². The van der Waals surface area contributed by atoms with Gasteiger partial charge in [0.05, 0.1) is 9.75 Å². The number of hydrogen-bond donors (Lipinski definition) is 3. The van der Waals surface area contributed by atoms with Gasteiger partial charge in [0.1, 0.15) is 0 Å². The Bertz CT molecular complexity index is 1040. The first-order valence-corrected chi connectivity index (χ1v) is 11.6. The number of carbonyl (C=O) groups excluding carboxylic acids is 2. The Morgan fingerprint density at radius 2 is 2.10 bits per heavy atom. The van der Waals surface area contributed by atoms with Crippen LogP contribution in [0.2, 0.25) is 0 Å². The molecule has 3 aromatic rings. The highest BCUT2D eigenvalue weighted by Crippen LogP contribution is 2.28. The number of hydrazine groups is 1. The van der Waals surface area contributed by atoms with Gasteiger partial charge in [-0.2, -0.15) is 5.10 Å². The van der Waals surface area contributed by atoms with Gasteiger partial charge in [-0.15, -0.1) is 22.7 Å². The van der Waals surface area contributed by atoms with E-state index < -0.39 is 0 Å². The van der Waals surface area contributed by atoms with Crippen LogP contribution >= 0.6 is 34.9 Å². The number of nitrogens with one attached hydrogen (secondary N) is 3. The third-order valence-corrected chi connectivity index (χ3v) is 7.26. The second-order valence-electron chi connectivity index (χ2n) is 6.85. The molecule has 0 aromatic carbocycles. The number of aryl methyl sites for hydroxylation is 2. The molecule has 2 amide bonds. The zero-order valence-corrected chi connectivity index (χ0v) is 18.1. The molecule has 7 nitrogen and oxygen atoms in total. The molecule has 29 heavy (non-hydrogen) atoms. The van der Waals surface area contributed by atoms with Gasteiger partial charge >= 0.3 is 0 Å². The van der Waals surface area contributed by atoms with E-state index in [2.05, 4.69) is 21.0 Å². The van der Waals surface area contributed by atoms with E-state index in [4.69, 9.17) is 12.2 Å². The summed E-state index contributed by atoms with van der Waals surface area (Å²) in [4.78, 5) is 27.5. The highest BCUT2D eigenvalue weighted by molar-refractivity contribution is 7.71. The van der Waals surface area contributed by atoms with Crippen LogP contribution in [0.1, 0.15) is 45.8 Å². The Hall–Kier alpha value is -2.30. The van der Waals surface area contributed by atoms with Gasteiger partial charge in [0.15, 0.2) is 10.6 Å². The molecule has 4 rings (SSSR count). The largest absolute Gasteiger partial charge is 0.299 e. The van der Waals surface area contributed by atoms with Crippen molar-refractivity contribution < 1.29 is 9.59 Å². The molecule has 0 saturated carbocycles. The Balaban J connectivity index is 1.31. The molecule has 0 bridgehead atoms. The van der Waals surface area contributed by atoms with Crippen LogP contribution in [0.5, 0.6) is 0 Å². The fraction of sp³-hybridized carbons (Fsp3) is 0.368. The number of fused-ring (bicyclic) bond motifs is 1. The zero-order chi connectivity index (χ0) is 20.2. The van der Waals surface area contributed by atoms with Gasteiger partial charge in [0.25, 0.3) is 5.91 Å². The third-order valence-electron chi connectivity index (χ3n) is 4.85. The number of rotatable bonds is 5. The van der Waals surface area contributed by atoms with Crippen LogP contribution in [0, 0.1) is 4.77 Å². The minimum atomic E-state index is -0.281. The predicted octanol–water partition coefficient (Wildman–Crippen LogP) is 3.85. The lowest BCUT2D eigenvalue weighted by Crippen LogP contribution is -2.41. The van der Waals surface area contributed by atoms with E-state index in [-0.39, 0.29) is 18.2 Å². The maximum Gasteiger partial charge on any atom is 0.279 e. The van der Waals surface area contributed by atoms with Crippen molar-refractivity contribution >= 4 is 46.7 Å². The van der Waals surface area contributed by atoms with Gasteiger partial charge in [-0.25, -0.2) is 0 Å². The number of aromatic amines is 1. The summed E-state index contributed by atoms with van der Waals surface area (Å²) in [5.74, 6) is 0.161. The van der Waals surface area contributed by atoms with E-state index in [0.29, 0.717) is 22.0 Å². The van der Waals surface area contributed by atoms with Crippen LogP contribution in [0.3, 0.4) is 0 Å². The van der Waals surface area contributed by atoms with Crippen molar-refractivity contribution in [3.63, 3.8) is 0 Å². The highest BCUT2D eigenvalue weighted by atomic mass is 32.1. The summed E-state index contributed by atoms with van der Waals surface area (Å²) in [6.45, 7) is 0.373. The minimum absolute atomic E-state index is 0.174. The molecular weight excluding hydrogens is 426 g/mol. The first-order valence-electron chi connectivity index (χ1n) is 9.51. The van der Waals surface area contributed by atoms with Crippen molar-refractivity contribution in [1.82, 2.24) is 25.6 Å². The molecule has 0 atom stereocenters. The molecule has 1 aliphatic carbocycles. The maximum absolute atomic E-state index is 12.4. The Morgan fingerprint density at radius 3 is 2.93 bits per heavy atom. The lowest BCUT2D eigenvalue weighted by molar-refractivity contribution is -0.122. The Morgan fingerprint density at radius 1 is 1.24 bits per heavy atom. The molecule has 0 saturated heterocycles. The van der Waals surface area contributed by atoms with Crippen LogP contribution in [0.15, 0.2) is 23.6 Å². The van der Waals surface area contributed by atoms with Crippen LogP contribution < -0.4 is 10.9 Å².